The molecule has 11 aromatic carbocycles. The number of nitrogens with zero attached hydrogens (tertiary/aromatic N) is 2. The van der Waals surface area contributed by atoms with Gasteiger partial charge in [0.15, 0.2) is 0 Å². The fraction of sp³-hybridized carbons (Fsp3) is 0. The van der Waals surface area contributed by atoms with E-state index >= 15 is 0 Å². The maximum atomic E-state index is 2.42. The molecule has 0 saturated carbocycles. The minimum absolute atomic E-state index is 1.15. The van der Waals surface area contributed by atoms with Crippen LogP contribution in [0.15, 0.2) is 231 Å². The fourth-order valence-electron chi connectivity index (χ4n) is 9.99. The maximum Gasteiger partial charge on any atom is 0.0541 e. The number of aromatic nitrogens is 2. The highest BCUT2D eigenvalue weighted by atomic mass is 15.0. The Morgan fingerprint density at radius 3 is 0.887 bits per heavy atom. The molecule has 13 rings (SSSR count). The van der Waals surface area contributed by atoms with Crippen LogP contribution in [0.5, 0.6) is 0 Å². The number of fused-ring (bicyclic) bond motifs is 15. The lowest BCUT2D eigenvalue weighted by Crippen LogP contribution is -1.92. The molecule has 14 bridgehead atoms. The molecule has 2 heteroatoms. The molecule has 0 N–H and O–H groups in total. The van der Waals surface area contributed by atoms with Gasteiger partial charge < -0.3 is 9.13 Å². The number of para-hydroxylation sites is 2. The first-order chi connectivity index (χ1) is 30.7. The van der Waals surface area contributed by atoms with Gasteiger partial charge in [0.05, 0.1) is 22.1 Å². The summed E-state index contributed by atoms with van der Waals surface area (Å²) < 4.78 is 4.83. The molecule has 2 nitrogen and oxygen atoms in total. The Morgan fingerprint density at radius 2 is 0.500 bits per heavy atom. The minimum atomic E-state index is 1.15. The molecule has 62 heavy (non-hydrogen) atoms. The second-order valence-corrected chi connectivity index (χ2v) is 16.6. The number of benzene rings is 10. The van der Waals surface area contributed by atoms with Gasteiger partial charge in [0.2, 0.25) is 0 Å². The molecule has 0 aliphatic heterocycles. The highest BCUT2D eigenvalue weighted by molar-refractivity contribution is 6.17. The van der Waals surface area contributed by atoms with Gasteiger partial charge in [0.25, 0.3) is 0 Å². The van der Waals surface area contributed by atoms with Crippen LogP contribution in [-0.2, 0) is 0 Å². The molecule has 0 radical (unpaired) electrons. The molecule has 0 unspecified atom stereocenters. The van der Waals surface area contributed by atoms with Crippen LogP contribution in [0.3, 0.4) is 0 Å². The van der Waals surface area contributed by atoms with Crippen molar-refractivity contribution in [3.8, 4) is 22.5 Å². The SMILES string of the molecule is c1ccc(-c2cc3cc(c2)c2ccc4c(c2)c2cc(ccc2n4-c2ccccc2)c2ccc4c(c2)c2cc(ccc2n4-c2ccccc2)c2cccc(c2)c2cccc3c2)cc1. The molecule has 2 aromatic heterocycles. The van der Waals surface area contributed by atoms with E-state index in [2.05, 4.69) is 240 Å². The summed E-state index contributed by atoms with van der Waals surface area (Å²) in [6.07, 6.45) is 0. The van der Waals surface area contributed by atoms with Gasteiger partial charge in [0.1, 0.15) is 0 Å². The van der Waals surface area contributed by atoms with Crippen molar-refractivity contribution in [2.24, 2.45) is 0 Å². The van der Waals surface area contributed by atoms with Crippen molar-refractivity contribution in [3.63, 3.8) is 0 Å². The van der Waals surface area contributed by atoms with Crippen LogP contribution < -0.4 is 0 Å². The third-order valence-electron chi connectivity index (χ3n) is 13.0. The van der Waals surface area contributed by atoms with Crippen LogP contribution in [-0.4, -0.2) is 9.13 Å². The van der Waals surface area contributed by atoms with E-state index in [-0.39, 0.29) is 0 Å². The number of rotatable bonds is 3. The third-order valence-corrected chi connectivity index (χ3v) is 13.0. The number of hydrogen-bond donors (Lipinski definition) is 0. The van der Waals surface area contributed by atoms with Crippen molar-refractivity contribution in [2.45, 2.75) is 0 Å². The first-order valence-electron chi connectivity index (χ1n) is 21.4. The van der Waals surface area contributed by atoms with Crippen molar-refractivity contribution in [3.05, 3.63) is 231 Å². The summed E-state index contributed by atoms with van der Waals surface area (Å²) in [6, 6.07) is 85.5. The molecule has 0 amide bonds. The summed E-state index contributed by atoms with van der Waals surface area (Å²) >= 11 is 0. The topological polar surface area (TPSA) is 9.86 Å². The lowest BCUT2D eigenvalue weighted by molar-refractivity contribution is 1.18. The molecular weight excluding hydrogens is 749 g/mol. The monoisotopic (exact) mass is 786 g/mol. The Labute approximate surface area is 358 Å². The average Bonchev–Trinajstić information content (AvgIpc) is 3.86. The van der Waals surface area contributed by atoms with Gasteiger partial charge in [-0.1, -0.05) is 127 Å². The molecule has 0 aliphatic carbocycles. The van der Waals surface area contributed by atoms with Crippen LogP contribution in [0.2, 0.25) is 0 Å². The Bertz CT molecular complexity index is 4010. The first kappa shape index (κ1) is 34.6. The van der Waals surface area contributed by atoms with E-state index in [0.29, 0.717) is 0 Å². The Kier molecular flexibility index (Phi) is 7.64. The van der Waals surface area contributed by atoms with E-state index in [1.165, 1.54) is 109 Å². The van der Waals surface area contributed by atoms with Crippen LogP contribution in [0.25, 0.3) is 120 Å². The van der Waals surface area contributed by atoms with E-state index < -0.39 is 0 Å². The molecular formula is C60H38N2. The molecule has 0 saturated heterocycles. The zero-order valence-corrected chi connectivity index (χ0v) is 33.8. The lowest BCUT2D eigenvalue weighted by Gasteiger charge is -2.08. The van der Waals surface area contributed by atoms with Crippen LogP contribution in [0, 0.1) is 0 Å². The molecule has 13 aromatic rings. The minimum Gasteiger partial charge on any atom is -0.309 e. The third kappa shape index (κ3) is 5.51. The van der Waals surface area contributed by atoms with Crippen LogP contribution in [0.1, 0.15) is 0 Å². The standard InChI is InChI=1S/C60H38N2/c1-4-12-39(13-5-1)48-32-49-34-50(33-48)47-25-29-60-56(38-47)55-37-46(24-28-59(55)62(60)52-20-8-3-9-21-52)45-23-27-58-54(36-45)53-35-44(22-26-57(53)61(58)51-18-6-2-7-19-51)42-16-10-14-40(30-42)41-15-11-17-43(49)31-41/h1-38H. The molecule has 0 fully saturated rings. The molecule has 2 heterocycles. The lowest BCUT2D eigenvalue weighted by atomic mass is 9.98. The highest BCUT2D eigenvalue weighted by Crippen LogP contribution is 2.39. The predicted molar refractivity (Wildman–Crippen MR) is 266 cm³/mol. The predicted octanol–water partition coefficient (Wildman–Crippen LogP) is 16.4. The van der Waals surface area contributed by atoms with Crippen molar-refractivity contribution >= 4 is 97.5 Å². The summed E-state index contributed by atoms with van der Waals surface area (Å²) in [6.45, 7) is 0. The van der Waals surface area contributed by atoms with Crippen molar-refractivity contribution < 1.29 is 0 Å². The van der Waals surface area contributed by atoms with Gasteiger partial charge in [0, 0.05) is 32.9 Å². The van der Waals surface area contributed by atoms with E-state index in [1.807, 2.05) is 0 Å². The van der Waals surface area contributed by atoms with E-state index in [1.54, 1.807) is 0 Å². The average molecular weight is 787 g/mol. The first-order valence-corrected chi connectivity index (χ1v) is 21.4. The summed E-state index contributed by atoms with van der Waals surface area (Å²) in [5.74, 6) is 0. The van der Waals surface area contributed by atoms with Crippen molar-refractivity contribution in [2.75, 3.05) is 0 Å². The molecule has 288 valence electrons. The van der Waals surface area contributed by atoms with E-state index in [4.69, 9.17) is 0 Å². The van der Waals surface area contributed by atoms with Crippen molar-refractivity contribution in [1.82, 2.24) is 9.13 Å². The smallest absolute Gasteiger partial charge is 0.0541 e. The van der Waals surface area contributed by atoms with Crippen LogP contribution >= 0.6 is 0 Å². The Balaban J connectivity index is 1.22. The molecule has 0 aliphatic rings. The Morgan fingerprint density at radius 1 is 0.194 bits per heavy atom. The zero-order chi connectivity index (χ0) is 40.7. The highest BCUT2D eigenvalue weighted by Gasteiger charge is 2.16. The van der Waals surface area contributed by atoms with Gasteiger partial charge in [-0.3, -0.25) is 0 Å². The Hall–Kier alpha value is -8.20. The summed E-state index contributed by atoms with van der Waals surface area (Å²) in [5, 5.41) is 16.9. The van der Waals surface area contributed by atoms with Gasteiger partial charge in [-0.25, -0.2) is 0 Å². The second-order valence-electron chi connectivity index (χ2n) is 16.6. The van der Waals surface area contributed by atoms with Crippen LogP contribution in [0.4, 0.5) is 0 Å². The zero-order valence-electron chi connectivity index (χ0n) is 33.8. The summed E-state index contributed by atoms with van der Waals surface area (Å²) in [4.78, 5) is 0. The largest absolute Gasteiger partial charge is 0.309 e. The fourth-order valence-corrected chi connectivity index (χ4v) is 9.99. The molecule has 0 atom stereocenters. The molecule has 0 spiro atoms. The summed E-state index contributed by atoms with van der Waals surface area (Å²) in [5.41, 5.74) is 9.47. The summed E-state index contributed by atoms with van der Waals surface area (Å²) in [7, 11) is 0. The maximum absolute atomic E-state index is 2.42. The number of hydrogen-bond acceptors (Lipinski definition) is 0. The van der Waals surface area contributed by atoms with Crippen molar-refractivity contribution in [1.29, 1.82) is 0 Å². The van der Waals surface area contributed by atoms with Gasteiger partial charge in [-0.2, -0.15) is 0 Å². The van der Waals surface area contributed by atoms with E-state index in [9.17, 15) is 0 Å². The van der Waals surface area contributed by atoms with E-state index in [0.717, 1.165) is 11.4 Å². The van der Waals surface area contributed by atoms with Gasteiger partial charge in [-0.05, 0) is 168 Å². The van der Waals surface area contributed by atoms with Gasteiger partial charge in [-0.15, -0.1) is 0 Å². The quantitative estimate of drug-likeness (QED) is 0.169. The second kappa shape index (κ2) is 13.7. The normalized spacial score (nSPS) is 11.9. The van der Waals surface area contributed by atoms with Gasteiger partial charge >= 0.3 is 0 Å².